The molecule has 27 heavy (non-hydrogen) atoms. The van der Waals surface area contributed by atoms with Crippen molar-refractivity contribution in [3.05, 3.63) is 48.4 Å². The second-order valence-corrected chi connectivity index (χ2v) is 6.47. The Morgan fingerprint density at radius 1 is 1.15 bits per heavy atom. The van der Waals surface area contributed by atoms with Crippen molar-refractivity contribution in [2.45, 2.75) is 25.3 Å². The van der Waals surface area contributed by atoms with Crippen LogP contribution < -0.4 is 10.6 Å². The molecule has 0 bridgehead atoms. The van der Waals surface area contributed by atoms with E-state index in [1.54, 1.807) is 6.20 Å². The zero-order valence-electron chi connectivity index (χ0n) is 15.1. The second-order valence-electron chi connectivity index (χ2n) is 6.47. The maximum Gasteiger partial charge on any atom is 0.224 e. The van der Waals surface area contributed by atoms with Gasteiger partial charge in [0.05, 0.1) is 12.6 Å². The molecular formula is C19H23N7O. The van der Waals surface area contributed by atoms with Gasteiger partial charge in [-0.15, -0.1) is 0 Å². The number of aromatic amines is 1. The van der Waals surface area contributed by atoms with E-state index in [0.29, 0.717) is 30.8 Å². The number of ether oxygens (including phenoxy) is 1. The molecule has 1 unspecified atom stereocenters. The van der Waals surface area contributed by atoms with E-state index in [1.807, 2.05) is 36.4 Å². The number of hydrogen-bond acceptors (Lipinski definition) is 7. The lowest BCUT2D eigenvalue weighted by Crippen LogP contribution is -2.30. The number of nitrogens with one attached hydrogen (secondary N) is 3. The van der Waals surface area contributed by atoms with Crippen LogP contribution in [0.4, 0.5) is 11.8 Å². The van der Waals surface area contributed by atoms with E-state index in [-0.39, 0.29) is 0 Å². The smallest absolute Gasteiger partial charge is 0.224 e. The minimum atomic E-state index is 0.312. The number of hydrogen-bond donors (Lipinski definition) is 3. The van der Waals surface area contributed by atoms with Gasteiger partial charge < -0.3 is 15.4 Å². The third kappa shape index (κ3) is 4.79. The molecule has 1 aliphatic heterocycles. The molecule has 0 amide bonds. The van der Waals surface area contributed by atoms with Crippen LogP contribution in [0.3, 0.4) is 0 Å². The van der Waals surface area contributed by atoms with Crippen LogP contribution in [0, 0.1) is 0 Å². The van der Waals surface area contributed by atoms with Gasteiger partial charge in [0.15, 0.2) is 5.82 Å². The lowest BCUT2D eigenvalue weighted by molar-refractivity contribution is 0.0875. The van der Waals surface area contributed by atoms with Crippen LogP contribution in [-0.2, 0) is 11.2 Å². The first kappa shape index (κ1) is 17.4. The van der Waals surface area contributed by atoms with Gasteiger partial charge in [0, 0.05) is 31.3 Å². The summed E-state index contributed by atoms with van der Waals surface area (Å²) in [5.74, 6) is 2.95. The Labute approximate surface area is 157 Å². The third-order valence-corrected chi connectivity index (χ3v) is 4.38. The Balaban J connectivity index is 1.29. The van der Waals surface area contributed by atoms with Gasteiger partial charge in [-0.05, 0) is 18.9 Å². The van der Waals surface area contributed by atoms with Gasteiger partial charge in [0.2, 0.25) is 5.95 Å². The maximum atomic E-state index is 5.49. The van der Waals surface area contributed by atoms with E-state index in [9.17, 15) is 0 Å². The van der Waals surface area contributed by atoms with Crippen molar-refractivity contribution in [1.82, 2.24) is 25.1 Å². The summed E-state index contributed by atoms with van der Waals surface area (Å²) in [4.78, 5) is 13.3. The van der Waals surface area contributed by atoms with Crippen LogP contribution in [0.15, 0.2) is 42.6 Å². The summed E-state index contributed by atoms with van der Waals surface area (Å²) in [6.45, 7) is 2.24. The van der Waals surface area contributed by atoms with E-state index in [2.05, 4.69) is 35.8 Å². The number of nitrogens with zero attached hydrogens (tertiary/aromatic N) is 4. The molecule has 0 radical (unpaired) electrons. The molecule has 3 aromatic rings. The Kier molecular flexibility index (Phi) is 5.54. The average Bonchev–Trinajstić information content (AvgIpc) is 3.19. The molecule has 1 aromatic carbocycles. The van der Waals surface area contributed by atoms with Crippen molar-refractivity contribution < 1.29 is 4.74 Å². The van der Waals surface area contributed by atoms with Crippen LogP contribution in [0.25, 0.3) is 11.4 Å². The molecule has 4 rings (SSSR count). The first-order chi connectivity index (χ1) is 13.4. The highest BCUT2D eigenvalue weighted by molar-refractivity contribution is 5.53. The Hall–Kier alpha value is -3.00. The van der Waals surface area contributed by atoms with Gasteiger partial charge in [-0.1, -0.05) is 30.3 Å². The summed E-state index contributed by atoms with van der Waals surface area (Å²) in [5.41, 5.74) is 1.00. The van der Waals surface area contributed by atoms with E-state index >= 15 is 0 Å². The molecule has 3 heterocycles. The normalized spacial score (nSPS) is 16.8. The summed E-state index contributed by atoms with van der Waals surface area (Å²) in [6.07, 6.45) is 4.64. The molecule has 1 aliphatic rings. The molecule has 1 fully saturated rings. The van der Waals surface area contributed by atoms with Crippen LogP contribution in [0.2, 0.25) is 0 Å². The van der Waals surface area contributed by atoms with Crippen LogP contribution in [0.5, 0.6) is 0 Å². The zero-order valence-corrected chi connectivity index (χ0v) is 15.1. The van der Waals surface area contributed by atoms with Gasteiger partial charge >= 0.3 is 0 Å². The zero-order chi connectivity index (χ0) is 18.3. The van der Waals surface area contributed by atoms with Crippen LogP contribution >= 0.6 is 0 Å². The molecule has 8 heteroatoms. The summed E-state index contributed by atoms with van der Waals surface area (Å²) >= 11 is 0. The molecule has 8 nitrogen and oxygen atoms in total. The minimum Gasteiger partial charge on any atom is -0.379 e. The molecular weight excluding hydrogens is 342 g/mol. The number of aromatic nitrogens is 5. The molecule has 2 aromatic heterocycles. The first-order valence-electron chi connectivity index (χ1n) is 9.25. The fourth-order valence-corrected chi connectivity index (χ4v) is 3.00. The van der Waals surface area contributed by atoms with E-state index in [4.69, 9.17) is 4.74 Å². The third-order valence-electron chi connectivity index (χ3n) is 4.38. The highest BCUT2D eigenvalue weighted by Gasteiger charge is 2.14. The van der Waals surface area contributed by atoms with Crippen LogP contribution in [0.1, 0.15) is 18.7 Å². The van der Waals surface area contributed by atoms with Gasteiger partial charge in [0.1, 0.15) is 11.6 Å². The average molecular weight is 365 g/mol. The molecule has 3 N–H and O–H groups in total. The SMILES string of the molecule is c1ccc(-c2n[nH]c(CCNc3nccc(NC4CCCOC4)n3)n2)cc1. The van der Waals surface area contributed by atoms with Crippen molar-refractivity contribution in [3.8, 4) is 11.4 Å². The summed E-state index contributed by atoms with van der Waals surface area (Å²) in [6, 6.07) is 12.1. The van der Waals surface area contributed by atoms with Gasteiger partial charge in [-0.3, -0.25) is 5.10 Å². The number of benzene rings is 1. The van der Waals surface area contributed by atoms with Gasteiger partial charge in [-0.25, -0.2) is 9.97 Å². The fourth-order valence-electron chi connectivity index (χ4n) is 3.00. The van der Waals surface area contributed by atoms with E-state index in [0.717, 1.165) is 43.3 Å². The van der Waals surface area contributed by atoms with Crippen molar-refractivity contribution in [1.29, 1.82) is 0 Å². The quantitative estimate of drug-likeness (QED) is 0.591. The number of rotatable bonds is 7. The summed E-state index contributed by atoms with van der Waals surface area (Å²) < 4.78 is 5.49. The topological polar surface area (TPSA) is 101 Å². The molecule has 0 saturated carbocycles. The molecule has 1 saturated heterocycles. The monoisotopic (exact) mass is 365 g/mol. The van der Waals surface area contributed by atoms with Crippen molar-refractivity contribution in [3.63, 3.8) is 0 Å². The lowest BCUT2D eigenvalue weighted by Gasteiger charge is -2.23. The van der Waals surface area contributed by atoms with Crippen molar-refractivity contribution >= 4 is 11.8 Å². The Morgan fingerprint density at radius 3 is 2.93 bits per heavy atom. The highest BCUT2D eigenvalue weighted by Crippen LogP contribution is 2.14. The van der Waals surface area contributed by atoms with Crippen molar-refractivity contribution in [2.24, 2.45) is 0 Å². The maximum absolute atomic E-state index is 5.49. The number of H-pyrrole nitrogens is 1. The van der Waals surface area contributed by atoms with E-state index in [1.165, 1.54) is 0 Å². The molecule has 0 aliphatic carbocycles. The molecule has 140 valence electrons. The Bertz CT molecular complexity index is 846. The van der Waals surface area contributed by atoms with Gasteiger partial charge in [-0.2, -0.15) is 10.1 Å². The first-order valence-corrected chi connectivity index (χ1v) is 9.25. The largest absolute Gasteiger partial charge is 0.379 e. The van der Waals surface area contributed by atoms with E-state index < -0.39 is 0 Å². The standard InChI is InChI=1S/C19H23N7O/c1-2-5-14(6-3-1)18-23-17(25-26-18)9-11-21-19-20-10-8-16(24-19)22-15-7-4-12-27-13-15/h1-3,5-6,8,10,15H,4,7,9,11-13H2,(H,23,25,26)(H2,20,21,22,24). The Morgan fingerprint density at radius 2 is 2.07 bits per heavy atom. The lowest BCUT2D eigenvalue weighted by atomic mass is 10.1. The molecule has 1 atom stereocenters. The van der Waals surface area contributed by atoms with Crippen molar-refractivity contribution in [2.75, 3.05) is 30.4 Å². The predicted molar refractivity (Wildman–Crippen MR) is 104 cm³/mol. The summed E-state index contributed by atoms with van der Waals surface area (Å²) in [7, 11) is 0. The predicted octanol–water partition coefficient (Wildman–Crippen LogP) is 2.51. The van der Waals surface area contributed by atoms with Crippen LogP contribution in [-0.4, -0.2) is 50.9 Å². The highest BCUT2D eigenvalue weighted by atomic mass is 16.5. The second kappa shape index (κ2) is 8.59. The summed E-state index contributed by atoms with van der Waals surface area (Å²) in [5, 5.41) is 13.9. The number of anilines is 2. The molecule has 0 spiro atoms. The van der Waals surface area contributed by atoms with Gasteiger partial charge in [0.25, 0.3) is 0 Å². The fraction of sp³-hybridized carbons (Fsp3) is 0.368. The minimum absolute atomic E-state index is 0.312.